The zero-order valence-electron chi connectivity index (χ0n) is 12.6. The smallest absolute Gasteiger partial charge is 0.225 e. The molecular weight excluding hydrogens is 380 g/mol. The van der Waals surface area contributed by atoms with Crippen LogP contribution in [0.3, 0.4) is 0 Å². The molecule has 1 heterocycles. The van der Waals surface area contributed by atoms with Crippen molar-refractivity contribution in [2.75, 3.05) is 9.80 Å². The monoisotopic (exact) mass is 392 g/mol. The summed E-state index contributed by atoms with van der Waals surface area (Å²) in [4.78, 5) is 27.8. The van der Waals surface area contributed by atoms with Gasteiger partial charge in [0.15, 0.2) is 0 Å². The van der Waals surface area contributed by atoms with Crippen molar-refractivity contribution < 1.29 is 9.59 Å². The van der Waals surface area contributed by atoms with Crippen LogP contribution in [0.1, 0.15) is 25.6 Å². The van der Waals surface area contributed by atoms with Crippen LogP contribution in [0.4, 0.5) is 11.4 Å². The quantitative estimate of drug-likeness (QED) is 0.714. The highest BCUT2D eigenvalue weighted by atomic mass is 79.9. The fourth-order valence-corrected chi connectivity index (χ4v) is 3.57. The molecule has 2 aromatic carbocycles. The van der Waals surface area contributed by atoms with Crippen molar-refractivity contribution in [1.82, 2.24) is 0 Å². The molecule has 0 aromatic heterocycles. The highest BCUT2D eigenvalue weighted by Gasteiger charge is 2.42. The van der Waals surface area contributed by atoms with Crippen LogP contribution in [0.15, 0.2) is 46.9 Å². The number of hydrogen-bond donors (Lipinski definition) is 0. The molecule has 3 rings (SSSR count). The van der Waals surface area contributed by atoms with E-state index in [9.17, 15) is 9.59 Å². The lowest BCUT2D eigenvalue weighted by Crippen LogP contribution is -2.40. The van der Waals surface area contributed by atoms with E-state index >= 15 is 0 Å². The largest absolute Gasteiger partial charge is 0.285 e. The second-order valence-electron chi connectivity index (χ2n) is 5.31. The van der Waals surface area contributed by atoms with E-state index in [1.165, 1.54) is 13.8 Å². The predicted molar refractivity (Wildman–Crippen MR) is 94.7 cm³/mol. The van der Waals surface area contributed by atoms with E-state index in [2.05, 4.69) is 15.9 Å². The molecule has 1 unspecified atom stereocenters. The molecule has 2 aromatic rings. The van der Waals surface area contributed by atoms with Gasteiger partial charge < -0.3 is 0 Å². The summed E-state index contributed by atoms with van der Waals surface area (Å²) >= 11 is 9.61. The van der Waals surface area contributed by atoms with Crippen molar-refractivity contribution in [3.05, 3.63) is 57.5 Å². The number of fused-ring (bicyclic) bond motifs is 1. The summed E-state index contributed by atoms with van der Waals surface area (Å²) < 4.78 is 0.835. The van der Waals surface area contributed by atoms with Crippen LogP contribution in [0.5, 0.6) is 0 Å². The van der Waals surface area contributed by atoms with Gasteiger partial charge in [-0.05, 0) is 24.3 Å². The molecule has 0 saturated carbocycles. The zero-order chi connectivity index (χ0) is 16.7. The van der Waals surface area contributed by atoms with Crippen LogP contribution >= 0.6 is 27.5 Å². The zero-order valence-corrected chi connectivity index (χ0v) is 14.9. The van der Waals surface area contributed by atoms with Gasteiger partial charge in [0, 0.05) is 28.9 Å². The Bertz CT molecular complexity index is 809. The van der Waals surface area contributed by atoms with Crippen LogP contribution < -0.4 is 9.80 Å². The maximum Gasteiger partial charge on any atom is 0.225 e. The summed E-state index contributed by atoms with van der Waals surface area (Å²) in [6.45, 7) is 2.98. The number of benzene rings is 2. The minimum Gasteiger partial charge on any atom is -0.285 e. The second kappa shape index (κ2) is 5.98. The van der Waals surface area contributed by atoms with Gasteiger partial charge in [0.1, 0.15) is 6.17 Å². The number of amides is 2. The molecule has 0 bridgehead atoms. The van der Waals surface area contributed by atoms with E-state index in [1.54, 1.807) is 28.0 Å². The molecule has 2 amide bonds. The normalized spacial score (nSPS) is 16.4. The van der Waals surface area contributed by atoms with E-state index < -0.39 is 6.17 Å². The first-order chi connectivity index (χ1) is 10.9. The van der Waals surface area contributed by atoms with Gasteiger partial charge in [0.2, 0.25) is 11.8 Å². The number of anilines is 2. The number of halogens is 2. The Morgan fingerprint density at radius 2 is 1.61 bits per heavy atom. The molecule has 6 heteroatoms. The lowest BCUT2D eigenvalue weighted by Gasteiger charge is -2.30. The molecule has 118 valence electrons. The topological polar surface area (TPSA) is 40.6 Å². The summed E-state index contributed by atoms with van der Waals surface area (Å²) in [6, 6.07) is 12.8. The summed E-state index contributed by atoms with van der Waals surface area (Å²) in [6.07, 6.45) is -0.533. The summed E-state index contributed by atoms with van der Waals surface area (Å²) in [7, 11) is 0. The average molecular weight is 394 g/mol. The average Bonchev–Trinajstić information content (AvgIpc) is 2.81. The molecule has 0 aliphatic carbocycles. The number of rotatable bonds is 1. The maximum atomic E-state index is 12.3. The molecule has 23 heavy (non-hydrogen) atoms. The molecule has 0 saturated heterocycles. The van der Waals surface area contributed by atoms with Crippen molar-refractivity contribution in [3.8, 4) is 0 Å². The number of nitrogens with zero attached hydrogens (tertiary/aromatic N) is 2. The first-order valence-electron chi connectivity index (χ1n) is 7.05. The first-order valence-corrected chi connectivity index (χ1v) is 8.22. The molecule has 1 aliphatic heterocycles. The molecular formula is C17H14BrClN2O2. The van der Waals surface area contributed by atoms with E-state index in [4.69, 9.17) is 11.6 Å². The molecule has 1 atom stereocenters. The molecule has 0 radical (unpaired) electrons. The van der Waals surface area contributed by atoms with Gasteiger partial charge in [-0.1, -0.05) is 45.7 Å². The predicted octanol–water partition coefficient (Wildman–Crippen LogP) is 4.52. The highest BCUT2D eigenvalue weighted by Crippen LogP contribution is 2.48. The van der Waals surface area contributed by atoms with Gasteiger partial charge in [0.05, 0.1) is 11.4 Å². The Balaban J connectivity index is 2.27. The van der Waals surface area contributed by atoms with Crippen LogP contribution in [0.2, 0.25) is 5.02 Å². The maximum absolute atomic E-state index is 12.3. The van der Waals surface area contributed by atoms with Crippen LogP contribution in [-0.2, 0) is 9.59 Å². The van der Waals surface area contributed by atoms with Crippen LogP contribution in [0, 0.1) is 0 Å². The van der Waals surface area contributed by atoms with Crippen molar-refractivity contribution >= 4 is 50.7 Å². The standard InChI is InChI=1S/C17H14BrClN2O2/c1-10(22)20-15-8-7-12(19)9-16(15)21(11(2)23)17(20)13-5-3-4-6-14(13)18/h3-9,17H,1-2H3. The number of hydrogen-bond acceptors (Lipinski definition) is 2. The molecule has 4 nitrogen and oxygen atoms in total. The third-order valence-corrected chi connectivity index (χ3v) is 4.76. The van der Waals surface area contributed by atoms with Gasteiger partial charge in [-0.3, -0.25) is 19.4 Å². The third-order valence-electron chi connectivity index (χ3n) is 3.81. The van der Waals surface area contributed by atoms with Gasteiger partial charge in [-0.25, -0.2) is 0 Å². The Labute approximate surface area is 147 Å². The fraction of sp³-hybridized carbons (Fsp3) is 0.176. The third kappa shape index (κ3) is 2.64. The minimum atomic E-state index is -0.533. The second-order valence-corrected chi connectivity index (χ2v) is 6.60. The van der Waals surface area contributed by atoms with E-state index in [-0.39, 0.29) is 11.8 Å². The lowest BCUT2D eigenvalue weighted by atomic mass is 10.1. The van der Waals surface area contributed by atoms with Crippen molar-refractivity contribution in [1.29, 1.82) is 0 Å². The molecule has 0 spiro atoms. The molecule has 1 aliphatic rings. The van der Waals surface area contributed by atoms with Crippen molar-refractivity contribution in [3.63, 3.8) is 0 Å². The van der Waals surface area contributed by atoms with Crippen LogP contribution in [-0.4, -0.2) is 11.8 Å². The number of carbonyl (C=O) groups excluding carboxylic acids is 2. The minimum absolute atomic E-state index is 0.141. The van der Waals surface area contributed by atoms with Crippen molar-refractivity contribution in [2.45, 2.75) is 20.0 Å². The fourth-order valence-electron chi connectivity index (χ4n) is 2.92. The SMILES string of the molecule is CC(=O)N1c2ccc(Cl)cc2N(C(C)=O)C1c1ccccc1Br. The Hall–Kier alpha value is -1.85. The van der Waals surface area contributed by atoms with Gasteiger partial charge >= 0.3 is 0 Å². The van der Waals surface area contributed by atoms with E-state index in [1.807, 2.05) is 24.3 Å². The first kappa shape index (κ1) is 16.0. The number of carbonyl (C=O) groups is 2. The lowest BCUT2D eigenvalue weighted by molar-refractivity contribution is -0.118. The van der Waals surface area contributed by atoms with Crippen LogP contribution in [0.25, 0.3) is 0 Å². The summed E-state index contributed by atoms with van der Waals surface area (Å²) in [5.41, 5.74) is 2.16. The Morgan fingerprint density at radius 1 is 1.00 bits per heavy atom. The van der Waals surface area contributed by atoms with Crippen molar-refractivity contribution in [2.24, 2.45) is 0 Å². The van der Waals surface area contributed by atoms with Gasteiger partial charge in [-0.15, -0.1) is 0 Å². The summed E-state index contributed by atoms with van der Waals surface area (Å²) in [5, 5.41) is 0.520. The molecule has 0 N–H and O–H groups in total. The Kier molecular flexibility index (Phi) is 4.17. The summed E-state index contributed by atoms with van der Waals surface area (Å²) in [5.74, 6) is -0.295. The van der Waals surface area contributed by atoms with E-state index in [0.29, 0.717) is 16.4 Å². The van der Waals surface area contributed by atoms with Gasteiger partial charge in [-0.2, -0.15) is 0 Å². The Morgan fingerprint density at radius 3 is 2.22 bits per heavy atom. The molecule has 0 fully saturated rings. The van der Waals surface area contributed by atoms with Gasteiger partial charge in [0.25, 0.3) is 0 Å². The van der Waals surface area contributed by atoms with E-state index in [0.717, 1.165) is 10.0 Å². The highest BCUT2D eigenvalue weighted by molar-refractivity contribution is 9.10.